The van der Waals surface area contributed by atoms with Gasteiger partial charge in [0.1, 0.15) is 5.82 Å². The van der Waals surface area contributed by atoms with Gasteiger partial charge < -0.3 is 5.11 Å². The Morgan fingerprint density at radius 2 is 2.06 bits per heavy atom. The van der Waals surface area contributed by atoms with Gasteiger partial charge in [-0.3, -0.25) is 4.68 Å². The average Bonchev–Trinajstić information content (AvgIpc) is 2.64. The Balaban J connectivity index is 2.68. The van der Waals surface area contributed by atoms with Crippen LogP contribution in [-0.4, -0.2) is 30.8 Å². The normalized spacial score (nSPS) is 10.5. The quantitative estimate of drug-likeness (QED) is 0.841. The van der Waals surface area contributed by atoms with Crippen LogP contribution in [0.4, 0.5) is 0 Å². The predicted molar refractivity (Wildman–Crippen MR) is 60.7 cm³/mol. The lowest BCUT2D eigenvalue weighted by Crippen LogP contribution is -2.07. The first kappa shape index (κ1) is 11.3. The second-order valence-electron chi connectivity index (χ2n) is 3.78. The van der Waals surface area contributed by atoms with Gasteiger partial charge in [0.25, 0.3) is 0 Å². The van der Waals surface area contributed by atoms with E-state index in [1.807, 2.05) is 6.92 Å². The summed E-state index contributed by atoms with van der Waals surface area (Å²) in [5.74, 6) is -0.415. The van der Waals surface area contributed by atoms with Crippen LogP contribution in [0.15, 0.2) is 12.4 Å². The maximum Gasteiger partial charge on any atom is 0.354 e. The summed E-state index contributed by atoms with van der Waals surface area (Å²) in [6, 6.07) is 0. The first-order chi connectivity index (χ1) is 8.00. The number of aryl methyl sites for hydroxylation is 3. The summed E-state index contributed by atoms with van der Waals surface area (Å²) in [7, 11) is 1.59. The number of hydrogen-bond donors (Lipinski definition) is 1. The van der Waals surface area contributed by atoms with Gasteiger partial charge in [-0.05, 0) is 19.4 Å². The number of nitrogens with zero attached hydrogens (tertiary/aromatic N) is 4. The van der Waals surface area contributed by atoms with Crippen molar-refractivity contribution >= 4 is 5.97 Å². The van der Waals surface area contributed by atoms with Crippen LogP contribution in [0.25, 0.3) is 11.3 Å². The van der Waals surface area contributed by atoms with Crippen molar-refractivity contribution in [2.24, 2.45) is 7.05 Å². The Kier molecular flexibility index (Phi) is 2.63. The van der Waals surface area contributed by atoms with Crippen LogP contribution in [0, 0.1) is 13.8 Å². The second kappa shape index (κ2) is 3.97. The molecule has 0 saturated carbocycles. The maximum absolute atomic E-state index is 11.2. The van der Waals surface area contributed by atoms with E-state index < -0.39 is 5.97 Å². The molecule has 0 aliphatic rings. The van der Waals surface area contributed by atoms with Crippen LogP contribution in [0.3, 0.4) is 0 Å². The highest BCUT2D eigenvalue weighted by Crippen LogP contribution is 2.24. The molecule has 0 amide bonds. The van der Waals surface area contributed by atoms with Gasteiger partial charge in [0.2, 0.25) is 0 Å². The SMILES string of the molecule is Cc1ncc(C)c(-c2cnn(C)c2C(=O)O)n1. The van der Waals surface area contributed by atoms with Crippen molar-refractivity contribution in [1.29, 1.82) is 0 Å². The van der Waals surface area contributed by atoms with E-state index in [1.54, 1.807) is 20.2 Å². The van der Waals surface area contributed by atoms with Crippen molar-refractivity contribution in [2.45, 2.75) is 13.8 Å². The minimum absolute atomic E-state index is 0.131. The molecule has 0 atom stereocenters. The summed E-state index contributed by atoms with van der Waals surface area (Å²) in [6.07, 6.45) is 3.19. The molecule has 2 rings (SSSR count). The molecule has 0 aliphatic carbocycles. The standard InChI is InChI=1S/C11H12N4O2/c1-6-4-12-7(2)14-9(6)8-5-13-15(3)10(8)11(16)17/h4-5H,1-3H3,(H,16,17). The number of aromatic carboxylic acids is 1. The van der Waals surface area contributed by atoms with Crippen molar-refractivity contribution in [2.75, 3.05) is 0 Å². The molecule has 0 radical (unpaired) electrons. The summed E-state index contributed by atoms with van der Waals surface area (Å²) < 4.78 is 1.33. The molecular weight excluding hydrogens is 220 g/mol. The topological polar surface area (TPSA) is 80.9 Å². The molecule has 1 N–H and O–H groups in total. The van der Waals surface area contributed by atoms with E-state index in [0.717, 1.165) is 5.56 Å². The molecule has 17 heavy (non-hydrogen) atoms. The molecule has 6 heteroatoms. The zero-order valence-corrected chi connectivity index (χ0v) is 9.80. The Labute approximate surface area is 98.0 Å². The van der Waals surface area contributed by atoms with Crippen molar-refractivity contribution in [3.8, 4) is 11.3 Å². The highest BCUT2D eigenvalue weighted by atomic mass is 16.4. The van der Waals surface area contributed by atoms with E-state index in [1.165, 1.54) is 10.9 Å². The molecule has 2 aromatic rings. The van der Waals surface area contributed by atoms with Gasteiger partial charge in [-0.1, -0.05) is 0 Å². The molecular formula is C11H12N4O2. The minimum Gasteiger partial charge on any atom is -0.477 e. The molecule has 0 saturated heterocycles. The Morgan fingerprint density at radius 3 is 2.71 bits per heavy atom. The molecule has 0 aromatic carbocycles. The highest BCUT2D eigenvalue weighted by molar-refractivity contribution is 5.93. The second-order valence-corrected chi connectivity index (χ2v) is 3.78. The summed E-state index contributed by atoms with van der Waals surface area (Å²) in [5, 5.41) is 13.1. The van der Waals surface area contributed by atoms with Crippen molar-refractivity contribution in [3.05, 3.63) is 29.5 Å². The third-order valence-electron chi connectivity index (χ3n) is 2.49. The molecule has 0 bridgehead atoms. The monoisotopic (exact) mass is 232 g/mol. The summed E-state index contributed by atoms with van der Waals surface area (Å²) in [4.78, 5) is 19.5. The molecule has 0 spiro atoms. The fourth-order valence-electron chi connectivity index (χ4n) is 1.67. The van der Waals surface area contributed by atoms with Gasteiger partial charge in [0.05, 0.1) is 17.5 Å². The summed E-state index contributed by atoms with van der Waals surface area (Å²) in [6.45, 7) is 3.60. The fourth-order valence-corrected chi connectivity index (χ4v) is 1.67. The molecule has 0 fully saturated rings. The first-order valence-corrected chi connectivity index (χ1v) is 5.06. The smallest absolute Gasteiger partial charge is 0.354 e. The zero-order valence-electron chi connectivity index (χ0n) is 9.80. The lowest BCUT2D eigenvalue weighted by atomic mass is 10.1. The van der Waals surface area contributed by atoms with Crippen molar-refractivity contribution in [1.82, 2.24) is 19.7 Å². The lowest BCUT2D eigenvalue weighted by molar-refractivity contribution is 0.0686. The van der Waals surface area contributed by atoms with Gasteiger partial charge in [-0.25, -0.2) is 14.8 Å². The van der Waals surface area contributed by atoms with E-state index in [-0.39, 0.29) is 5.69 Å². The molecule has 2 aromatic heterocycles. The number of hydrogen-bond acceptors (Lipinski definition) is 4. The van der Waals surface area contributed by atoms with Crippen LogP contribution in [0.1, 0.15) is 21.9 Å². The average molecular weight is 232 g/mol. The van der Waals surface area contributed by atoms with Gasteiger partial charge in [-0.2, -0.15) is 5.10 Å². The van der Waals surface area contributed by atoms with E-state index in [2.05, 4.69) is 15.1 Å². The number of aromatic nitrogens is 4. The molecule has 0 unspecified atom stereocenters. The fraction of sp³-hybridized carbons (Fsp3) is 0.273. The Bertz CT molecular complexity index is 589. The lowest BCUT2D eigenvalue weighted by Gasteiger charge is -2.05. The first-order valence-electron chi connectivity index (χ1n) is 5.06. The number of rotatable bonds is 2. The van der Waals surface area contributed by atoms with Crippen LogP contribution >= 0.6 is 0 Å². The molecule has 88 valence electrons. The molecule has 2 heterocycles. The van der Waals surface area contributed by atoms with Crippen LogP contribution in [0.2, 0.25) is 0 Å². The van der Waals surface area contributed by atoms with E-state index in [0.29, 0.717) is 17.1 Å². The number of carboxylic acids is 1. The third-order valence-corrected chi connectivity index (χ3v) is 2.49. The molecule has 6 nitrogen and oxygen atoms in total. The Hall–Kier alpha value is -2.24. The zero-order chi connectivity index (χ0) is 12.6. The van der Waals surface area contributed by atoms with Crippen molar-refractivity contribution < 1.29 is 9.90 Å². The molecule has 0 aliphatic heterocycles. The van der Waals surface area contributed by atoms with E-state index in [4.69, 9.17) is 5.11 Å². The van der Waals surface area contributed by atoms with Crippen LogP contribution in [-0.2, 0) is 7.05 Å². The summed E-state index contributed by atoms with van der Waals surface area (Å²) >= 11 is 0. The predicted octanol–water partition coefficient (Wildman–Crippen LogP) is 1.19. The number of carboxylic acid groups (broad SMARTS) is 1. The van der Waals surface area contributed by atoms with Gasteiger partial charge >= 0.3 is 5.97 Å². The van der Waals surface area contributed by atoms with E-state index in [9.17, 15) is 4.79 Å². The van der Waals surface area contributed by atoms with Gasteiger partial charge in [-0.15, -0.1) is 0 Å². The third kappa shape index (κ3) is 1.89. The highest BCUT2D eigenvalue weighted by Gasteiger charge is 2.19. The van der Waals surface area contributed by atoms with Gasteiger partial charge in [0.15, 0.2) is 5.69 Å². The number of carbonyl (C=O) groups is 1. The van der Waals surface area contributed by atoms with Crippen LogP contribution < -0.4 is 0 Å². The Morgan fingerprint density at radius 1 is 1.35 bits per heavy atom. The van der Waals surface area contributed by atoms with Gasteiger partial charge in [0, 0.05) is 13.2 Å². The van der Waals surface area contributed by atoms with Crippen LogP contribution in [0.5, 0.6) is 0 Å². The largest absolute Gasteiger partial charge is 0.477 e. The maximum atomic E-state index is 11.2. The summed E-state index contributed by atoms with van der Waals surface area (Å²) in [5.41, 5.74) is 2.09. The van der Waals surface area contributed by atoms with Crippen molar-refractivity contribution in [3.63, 3.8) is 0 Å². The van der Waals surface area contributed by atoms with E-state index >= 15 is 0 Å². The minimum atomic E-state index is -1.02.